The summed E-state index contributed by atoms with van der Waals surface area (Å²) in [5.74, 6) is 0. The lowest BCUT2D eigenvalue weighted by molar-refractivity contribution is -0.0619. The van der Waals surface area contributed by atoms with E-state index in [1.165, 1.54) is 0 Å². The molecule has 0 bridgehead atoms. The average molecular weight is 498 g/mol. The number of hydrogen-bond donors (Lipinski definition) is 6. The van der Waals surface area contributed by atoms with Crippen molar-refractivity contribution in [2.24, 2.45) is 0 Å². The van der Waals surface area contributed by atoms with Gasteiger partial charge in [0.05, 0.1) is 6.61 Å². The fourth-order valence-corrected chi connectivity index (χ4v) is 5.46. The van der Waals surface area contributed by atoms with Crippen LogP contribution in [-0.2, 0) is 36.3 Å². The first-order valence-electron chi connectivity index (χ1n) is 7.60. The van der Waals surface area contributed by atoms with E-state index in [2.05, 4.69) is 13.1 Å². The van der Waals surface area contributed by atoms with Crippen LogP contribution in [0.5, 0.6) is 0 Å². The van der Waals surface area contributed by atoms with Gasteiger partial charge in [0, 0.05) is 19.4 Å². The number of nitrogens with zero attached hydrogens (tertiary/aromatic N) is 1. The number of aromatic nitrogens is 2. The number of aliphatic hydroxyl groups is 1. The second-order valence-electron chi connectivity index (χ2n) is 5.66. The van der Waals surface area contributed by atoms with Gasteiger partial charge in [-0.25, -0.2) is 18.5 Å². The van der Waals surface area contributed by atoms with Crippen molar-refractivity contribution in [1.29, 1.82) is 0 Å². The summed E-state index contributed by atoms with van der Waals surface area (Å²) in [6.07, 6.45) is -4.45. The number of methoxy groups -OCH3 is 1. The maximum absolute atomic E-state index is 11.9. The fourth-order valence-electron chi connectivity index (χ4n) is 2.43. The van der Waals surface area contributed by atoms with E-state index in [-0.39, 0.29) is 0 Å². The smallest absolute Gasteiger partial charge is 0.387 e. The van der Waals surface area contributed by atoms with E-state index < -0.39 is 65.9 Å². The number of aliphatic hydroxyl groups excluding tert-OH is 1. The van der Waals surface area contributed by atoms with Crippen molar-refractivity contribution in [2.75, 3.05) is 13.7 Å². The first-order valence-corrected chi connectivity index (χ1v) is 12.1. The van der Waals surface area contributed by atoms with Crippen LogP contribution < -0.4 is 11.2 Å². The highest BCUT2D eigenvalue weighted by molar-refractivity contribution is 7.66. The minimum Gasteiger partial charge on any atom is -0.387 e. The average Bonchev–Trinajstić information content (AvgIpc) is 2.85. The second-order valence-corrected chi connectivity index (χ2v) is 10.1. The van der Waals surface area contributed by atoms with Crippen LogP contribution in [0.1, 0.15) is 6.23 Å². The number of nitrogens with one attached hydrogen (secondary N) is 1. The summed E-state index contributed by atoms with van der Waals surface area (Å²) in [7, 11) is -15.5. The number of rotatable bonds is 9. The van der Waals surface area contributed by atoms with Gasteiger partial charge in [-0.2, -0.15) is 8.62 Å². The lowest BCUT2D eigenvalue weighted by Crippen LogP contribution is -2.38. The van der Waals surface area contributed by atoms with Gasteiger partial charge in [0.25, 0.3) is 5.56 Å². The maximum atomic E-state index is 11.9. The molecular weight excluding hydrogens is 481 g/mol. The summed E-state index contributed by atoms with van der Waals surface area (Å²) in [6, 6.07) is 0.989. The van der Waals surface area contributed by atoms with Crippen LogP contribution >= 0.6 is 23.5 Å². The monoisotopic (exact) mass is 498 g/mol. The van der Waals surface area contributed by atoms with E-state index in [1.54, 1.807) is 0 Å². The van der Waals surface area contributed by atoms with Crippen molar-refractivity contribution >= 4 is 23.5 Å². The second kappa shape index (κ2) is 9.22. The molecule has 0 saturated carbocycles. The van der Waals surface area contributed by atoms with Gasteiger partial charge in [-0.05, 0) is 0 Å². The Labute approximate surface area is 166 Å². The van der Waals surface area contributed by atoms with Crippen LogP contribution in [0.3, 0.4) is 0 Å². The zero-order valence-corrected chi connectivity index (χ0v) is 17.5. The SMILES string of the molecule is CO[C@@H]1[C@@H](O)[C@@H](COP(=O)(O)OP(=O)(O)OP(=O)(O)O)O[C@H]1n1ccc(=O)[nH]c1=O. The summed E-state index contributed by atoms with van der Waals surface area (Å²) in [5, 5.41) is 10.2. The molecule has 30 heavy (non-hydrogen) atoms. The molecule has 2 rings (SSSR count). The minimum absolute atomic E-state index is 0.701. The molecule has 0 aromatic carbocycles. The van der Waals surface area contributed by atoms with Gasteiger partial charge < -0.3 is 34.2 Å². The Bertz CT molecular complexity index is 1010. The summed E-state index contributed by atoms with van der Waals surface area (Å²) in [4.78, 5) is 60.5. The summed E-state index contributed by atoms with van der Waals surface area (Å²) in [6.45, 7) is -0.959. The highest BCUT2D eigenvalue weighted by Gasteiger charge is 2.47. The molecule has 20 heteroatoms. The molecule has 0 amide bonds. The van der Waals surface area contributed by atoms with Crippen LogP contribution in [0.2, 0.25) is 0 Å². The standard InChI is InChI=1S/C10H17N2O15P3/c1-23-8-7(14)5(25-9(8)12-3-2-6(13)11-10(12)15)4-24-29(19,20)27-30(21,22)26-28(16,17)18/h2-3,5,7-9,14H,4H2,1H3,(H,19,20)(H,21,22)(H,11,13,15)(H2,16,17,18)/t5-,7+,8-,9-/m1/s1. The largest absolute Gasteiger partial charge is 0.490 e. The number of ether oxygens (including phenoxy) is 2. The molecule has 1 aliphatic heterocycles. The van der Waals surface area contributed by atoms with E-state index >= 15 is 0 Å². The van der Waals surface area contributed by atoms with Gasteiger partial charge >= 0.3 is 29.2 Å². The molecular formula is C10H17N2O15P3. The van der Waals surface area contributed by atoms with Crippen molar-refractivity contribution in [3.8, 4) is 0 Å². The quantitative estimate of drug-likeness (QED) is 0.204. The number of aromatic amines is 1. The zero-order chi connectivity index (χ0) is 22.9. The Morgan fingerprint density at radius 2 is 1.77 bits per heavy atom. The Morgan fingerprint density at radius 1 is 1.13 bits per heavy atom. The molecule has 1 saturated heterocycles. The predicted molar refractivity (Wildman–Crippen MR) is 91.9 cm³/mol. The van der Waals surface area contributed by atoms with Crippen LogP contribution in [0, 0.1) is 0 Å². The molecule has 1 aliphatic rings. The molecule has 2 unspecified atom stereocenters. The third-order valence-electron chi connectivity index (χ3n) is 3.53. The highest BCUT2D eigenvalue weighted by Crippen LogP contribution is 2.66. The van der Waals surface area contributed by atoms with Crippen LogP contribution in [-0.4, -0.2) is 66.3 Å². The van der Waals surface area contributed by atoms with Crippen molar-refractivity contribution in [2.45, 2.75) is 24.5 Å². The topological polar surface area (TPSA) is 253 Å². The van der Waals surface area contributed by atoms with E-state index in [9.17, 15) is 33.3 Å². The van der Waals surface area contributed by atoms with E-state index in [1.807, 2.05) is 4.98 Å². The first kappa shape index (κ1) is 25.2. The van der Waals surface area contributed by atoms with E-state index in [4.69, 9.17) is 24.2 Å². The molecule has 1 aromatic rings. The molecule has 0 aliphatic carbocycles. The molecule has 0 spiro atoms. The Kier molecular flexibility index (Phi) is 7.76. The maximum Gasteiger partial charge on any atom is 0.490 e. The molecule has 1 aromatic heterocycles. The van der Waals surface area contributed by atoms with Crippen molar-refractivity contribution < 1.29 is 61.0 Å². The first-order chi connectivity index (χ1) is 13.6. The molecule has 0 radical (unpaired) electrons. The van der Waals surface area contributed by atoms with Gasteiger partial charge in [0.15, 0.2) is 6.23 Å². The van der Waals surface area contributed by atoms with Crippen molar-refractivity contribution in [1.82, 2.24) is 9.55 Å². The number of H-pyrrole nitrogens is 1. The van der Waals surface area contributed by atoms with Crippen LogP contribution in [0.4, 0.5) is 0 Å². The molecule has 6 N–H and O–H groups in total. The molecule has 6 atom stereocenters. The van der Waals surface area contributed by atoms with Gasteiger partial charge in [0.1, 0.15) is 18.3 Å². The minimum atomic E-state index is -5.71. The molecule has 1 fully saturated rings. The zero-order valence-electron chi connectivity index (χ0n) is 14.8. The Morgan fingerprint density at radius 3 is 2.30 bits per heavy atom. The third-order valence-corrected chi connectivity index (χ3v) is 7.33. The number of phosphoric ester groups is 1. The lowest BCUT2D eigenvalue weighted by Gasteiger charge is -2.20. The Hall–Kier alpha value is -1.03. The van der Waals surface area contributed by atoms with Crippen LogP contribution in [0.15, 0.2) is 21.9 Å². The normalized spacial score (nSPS) is 28.7. The van der Waals surface area contributed by atoms with Crippen molar-refractivity contribution in [3.63, 3.8) is 0 Å². The number of phosphoric acid groups is 3. The lowest BCUT2D eigenvalue weighted by atomic mass is 10.1. The molecule has 172 valence electrons. The van der Waals surface area contributed by atoms with Gasteiger partial charge in [0.2, 0.25) is 0 Å². The van der Waals surface area contributed by atoms with Gasteiger partial charge in [-0.1, -0.05) is 0 Å². The molecule has 2 heterocycles. The van der Waals surface area contributed by atoms with E-state index in [0.717, 1.165) is 23.9 Å². The highest BCUT2D eigenvalue weighted by atomic mass is 31.3. The summed E-state index contributed by atoms with van der Waals surface area (Å²) >= 11 is 0. The van der Waals surface area contributed by atoms with Gasteiger partial charge in [-0.3, -0.25) is 18.9 Å². The fraction of sp³-hybridized carbons (Fsp3) is 0.600. The molecule has 17 nitrogen and oxygen atoms in total. The number of hydrogen-bond acceptors (Lipinski definition) is 11. The summed E-state index contributed by atoms with van der Waals surface area (Å²) in [5.41, 5.74) is -1.61. The Balaban J connectivity index is 2.10. The summed E-state index contributed by atoms with van der Waals surface area (Å²) < 4.78 is 56.4. The predicted octanol–water partition coefficient (Wildman–Crippen LogP) is -1.85. The van der Waals surface area contributed by atoms with E-state index in [0.29, 0.717) is 0 Å². The van der Waals surface area contributed by atoms with Crippen LogP contribution in [0.25, 0.3) is 0 Å². The van der Waals surface area contributed by atoms with Crippen molar-refractivity contribution in [3.05, 3.63) is 33.1 Å². The third kappa shape index (κ3) is 6.73. The van der Waals surface area contributed by atoms with Gasteiger partial charge in [-0.15, -0.1) is 0 Å².